The fraction of sp³-hybridized carbons (Fsp3) is 0.591. The van der Waals surface area contributed by atoms with Gasteiger partial charge in [0.15, 0.2) is 0 Å². The first-order chi connectivity index (χ1) is 15.0. The molecule has 2 fully saturated rings. The summed E-state index contributed by atoms with van der Waals surface area (Å²) >= 11 is 0. The lowest BCUT2D eigenvalue weighted by Crippen LogP contribution is -2.57. The number of hydrogen-bond acceptors (Lipinski definition) is 6. The van der Waals surface area contributed by atoms with E-state index >= 15 is 0 Å². The van der Waals surface area contributed by atoms with Gasteiger partial charge in [0.1, 0.15) is 18.7 Å². The van der Waals surface area contributed by atoms with Gasteiger partial charge in [0, 0.05) is 46.1 Å². The first kappa shape index (κ1) is 23.0. The fourth-order valence-electron chi connectivity index (χ4n) is 4.34. The lowest BCUT2D eigenvalue weighted by atomic mass is 9.85. The van der Waals surface area contributed by atoms with Gasteiger partial charge in [-0.1, -0.05) is 18.2 Å². The van der Waals surface area contributed by atoms with Crippen LogP contribution in [0.25, 0.3) is 0 Å². The molecule has 0 bridgehead atoms. The first-order valence-electron chi connectivity index (χ1n) is 10.7. The zero-order valence-electron chi connectivity index (χ0n) is 18.3. The number of rotatable bonds is 9. The highest BCUT2D eigenvalue weighted by Gasteiger charge is 2.54. The molecule has 0 atom stereocenters. The van der Waals surface area contributed by atoms with Crippen LogP contribution in [-0.4, -0.2) is 93.3 Å². The van der Waals surface area contributed by atoms with E-state index in [4.69, 9.17) is 9.47 Å². The Kier molecular flexibility index (Phi) is 7.86. The molecule has 9 nitrogen and oxygen atoms in total. The summed E-state index contributed by atoms with van der Waals surface area (Å²) in [6.45, 7) is 2.45. The molecule has 2 aliphatic rings. The number of para-hydroxylation sites is 1. The van der Waals surface area contributed by atoms with Crippen LogP contribution < -0.4 is 10.2 Å². The van der Waals surface area contributed by atoms with Crippen LogP contribution in [0.2, 0.25) is 0 Å². The van der Waals surface area contributed by atoms with Crippen molar-refractivity contribution in [2.75, 3.05) is 65.2 Å². The molecule has 31 heavy (non-hydrogen) atoms. The predicted molar refractivity (Wildman–Crippen MR) is 115 cm³/mol. The van der Waals surface area contributed by atoms with Crippen molar-refractivity contribution in [2.24, 2.45) is 0 Å². The number of hydrogen-bond donors (Lipinski definition) is 1. The molecule has 2 saturated heterocycles. The van der Waals surface area contributed by atoms with E-state index in [-0.39, 0.29) is 30.9 Å². The predicted octanol–water partition coefficient (Wildman–Crippen LogP) is 0.453. The second-order valence-corrected chi connectivity index (χ2v) is 7.95. The van der Waals surface area contributed by atoms with Gasteiger partial charge in [0.05, 0.1) is 6.67 Å². The Morgan fingerprint density at radius 1 is 1.10 bits per heavy atom. The average molecular weight is 433 g/mol. The number of carbonyl (C=O) groups excluding carboxylic acids is 3. The summed E-state index contributed by atoms with van der Waals surface area (Å²) in [7, 11) is 3.12. The number of nitrogens with one attached hydrogen (secondary N) is 1. The normalized spacial score (nSPS) is 18.0. The number of amides is 3. The van der Waals surface area contributed by atoms with E-state index < -0.39 is 5.54 Å². The van der Waals surface area contributed by atoms with E-state index in [0.717, 1.165) is 12.1 Å². The van der Waals surface area contributed by atoms with Crippen LogP contribution in [0.4, 0.5) is 5.69 Å². The van der Waals surface area contributed by atoms with Gasteiger partial charge in [0.25, 0.3) is 5.91 Å². The topological polar surface area (TPSA) is 91.4 Å². The molecule has 0 radical (unpaired) electrons. The maximum Gasteiger partial charge on any atom is 0.250 e. The molecule has 0 aliphatic carbocycles. The van der Waals surface area contributed by atoms with Crippen molar-refractivity contribution >= 4 is 23.4 Å². The lowest BCUT2D eigenvalue weighted by molar-refractivity contribution is -0.141. The van der Waals surface area contributed by atoms with Crippen LogP contribution in [-0.2, 0) is 23.9 Å². The Balaban J connectivity index is 1.72. The van der Waals surface area contributed by atoms with Crippen LogP contribution in [0.1, 0.15) is 19.3 Å². The van der Waals surface area contributed by atoms with Gasteiger partial charge in [-0.2, -0.15) is 0 Å². The molecular formula is C22H32N4O5. The molecule has 3 amide bonds. The van der Waals surface area contributed by atoms with E-state index in [1.165, 1.54) is 7.11 Å². The largest absolute Gasteiger partial charge is 0.385 e. The van der Waals surface area contributed by atoms with Crippen LogP contribution >= 0.6 is 0 Å². The number of carbonyl (C=O) groups is 3. The van der Waals surface area contributed by atoms with Crippen LogP contribution in [0.3, 0.4) is 0 Å². The molecule has 1 spiro atoms. The third-order valence-corrected chi connectivity index (χ3v) is 5.97. The Hall–Kier alpha value is -2.65. The molecule has 0 saturated carbocycles. The number of methoxy groups -OCH3 is 2. The molecule has 0 aromatic heterocycles. The van der Waals surface area contributed by atoms with Gasteiger partial charge in [-0.3, -0.25) is 14.4 Å². The quantitative estimate of drug-likeness (QED) is 0.570. The Morgan fingerprint density at radius 3 is 2.45 bits per heavy atom. The first-order valence-corrected chi connectivity index (χ1v) is 10.7. The van der Waals surface area contributed by atoms with Crippen molar-refractivity contribution in [2.45, 2.75) is 24.8 Å². The summed E-state index contributed by atoms with van der Waals surface area (Å²) in [5.74, 6) is -0.300. The van der Waals surface area contributed by atoms with Gasteiger partial charge in [-0.05, 0) is 31.4 Å². The number of likely N-dealkylation sites (tertiary alicyclic amines) is 1. The van der Waals surface area contributed by atoms with Gasteiger partial charge in [-0.15, -0.1) is 0 Å². The van der Waals surface area contributed by atoms with Crippen molar-refractivity contribution in [1.82, 2.24) is 15.1 Å². The van der Waals surface area contributed by atoms with Gasteiger partial charge in [0.2, 0.25) is 11.8 Å². The minimum absolute atomic E-state index is 0.0171. The van der Waals surface area contributed by atoms with E-state index in [1.807, 2.05) is 30.3 Å². The summed E-state index contributed by atoms with van der Waals surface area (Å²) in [4.78, 5) is 43.6. The molecular weight excluding hydrogens is 400 g/mol. The summed E-state index contributed by atoms with van der Waals surface area (Å²) in [6, 6.07) is 9.77. The zero-order chi connectivity index (χ0) is 22.3. The van der Waals surface area contributed by atoms with Crippen molar-refractivity contribution in [3.8, 4) is 0 Å². The maximum atomic E-state index is 13.5. The smallest absolute Gasteiger partial charge is 0.250 e. The molecule has 3 rings (SSSR count). The molecule has 2 aliphatic heterocycles. The highest BCUT2D eigenvalue weighted by atomic mass is 16.5. The standard InChI is InChI=1S/C22H32N4O5/c1-30-14-6-11-23-19(27)15-25-17-26(18-7-4-3-5-8-18)22(21(25)29)9-12-24(13-10-22)20(28)16-31-2/h3-5,7-8H,6,9-17H2,1-2H3,(H,23,27). The number of anilines is 1. The minimum Gasteiger partial charge on any atom is -0.385 e. The summed E-state index contributed by atoms with van der Waals surface area (Å²) in [5, 5.41) is 2.85. The van der Waals surface area contributed by atoms with Crippen molar-refractivity contribution < 1.29 is 23.9 Å². The Bertz CT molecular complexity index is 764. The van der Waals surface area contributed by atoms with Gasteiger partial charge >= 0.3 is 0 Å². The van der Waals surface area contributed by atoms with E-state index in [1.54, 1.807) is 16.9 Å². The van der Waals surface area contributed by atoms with E-state index in [9.17, 15) is 14.4 Å². The van der Waals surface area contributed by atoms with E-state index in [0.29, 0.717) is 45.8 Å². The second-order valence-electron chi connectivity index (χ2n) is 7.95. The Morgan fingerprint density at radius 2 is 1.81 bits per heavy atom. The van der Waals surface area contributed by atoms with Crippen molar-refractivity contribution in [3.63, 3.8) is 0 Å². The number of ether oxygens (including phenoxy) is 2. The van der Waals surface area contributed by atoms with Crippen molar-refractivity contribution in [3.05, 3.63) is 30.3 Å². The molecule has 1 aromatic rings. The number of benzene rings is 1. The summed E-state index contributed by atoms with van der Waals surface area (Å²) in [5.41, 5.74) is 0.192. The monoisotopic (exact) mass is 432 g/mol. The number of piperidine rings is 1. The van der Waals surface area contributed by atoms with Crippen LogP contribution in [0.15, 0.2) is 30.3 Å². The SMILES string of the molecule is COCCCNC(=O)CN1CN(c2ccccc2)C2(CCN(C(=O)COC)CC2)C1=O. The highest BCUT2D eigenvalue weighted by molar-refractivity contribution is 5.96. The van der Waals surface area contributed by atoms with Gasteiger partial charge < -0.3 is 29.5 Å². The lowest BCUT2D eigenvalue weighted by Gasteiger charge is -2.43. The minimum atomic E-state index is -0.748. The second kappa shape index (κ2) is 10.6. The van der Waals surface area contributed by atoms with Crippen LogP contribution in [0.5, 0.6) is 0 Å². The molecule has 9 heteroatoms. The van der Waals surface area contributed by atoms with E-state index in [2.05, 4.69) is 10.2 Å². The zero-order valence-corrected chi connectivity index (χ0v) is 18.3. The summed E-state index contributed by atoms with van der Waals surface area (Å²) in [6.07, 6.45) is 1.76. The maximum absolute atomic E-state index is 13.5. The molecule has 170 valence electrons. The highest BCUT2D eigenvalue weighted by Crippen LogP contribution is 2.39. The number of nitrogens with zero attached hydrogens (tertiary/aromatic N) is 3. The van der Waals surface area contributed by atoms with Crippen molar-refractivity contribution in [1.29, 1.82) is 0 Å². The van der Waals surface area contributed by atoms with Gasteiger partial charge in [-0.25, -0.2) is 0 Å². The summed E-state index contributed by atoms with van der Waals surface area (Å²) < 4.78 is 9.96. The van der Waals surface area contributed by atoms with Crippen LogP contribution in [0, 0.1) is 0 Å². The molecule has 2 heterocycles. The third-order valence-electron chi connectivity index (χ3n) is 5.97. The third kappa shape index (κ3) is 5.16. The Labute approximate surface area is 183 Å². The fourth-order valence-corrected chi connectivity index (χ4v) is 4.34. The molecule has 0 unspecified atom stereocenters. The molecule has 1 aromatic carbocycles. The molecule has 1 N–H and O–H groups in total. The average Bonchev–Trinajstić information content (AvgIpc) is 3.04.